The fraction of sp³-hybridized carbons (Fsp3) is 0.250. The van der Waals surface area contributed by atoms with Gasteiger partial charge in [0.25, 0.3) is 5.56 Å². The van der Waals surface area contributed by atoms with Crippen molar-refractivity contribution in [2.75, 3.05) is 0 Å². The molecule has 24 heavy (non-hydrogen) atoms. The second-order valence-corrected chi connectivity index (χ2v) is 5.40. The van der Waals surface area contributed by atoms with Gasteiger partial charge in [-0.05, 0) is 25.0 Å². The first-order valence-electron chi connectivity index (χ1n) is 7.69. The van der Waals surface area contributed by atoms with Crippen LogP contribution < -0.4 is 16.8 Å². The number of rotatable bonds is 6. The predicted octanol–water partition coefficient (Wildman–Crippen LogP) is 0.742. The number of aromatic nitrogens is 4. The van der Waals surface area contributed by atoms with Crippen molar-refractivity contribution in [3.63, 3.8) is 0 Å². The van der Waals surface area contributed by atoms with Crippen LogP contribution in [0.5, 0.6) is 0 Å². The number of amides is 1. The summed E-state index contributed by atoms with van der Waals surface area (Å²) in [4.78, 5) is 28.0. The maximum atomic E-state index is 12.5. The van der Waals surface area contributed by atoms with Gasteiger partial charge in [0.15, 0.2) is 5.65 Å². The normalized spacial score (nSPS) is 10.9. The summed E-state index contributed by atoms with van der Waals surface area (Å²) in [7, 11) is 0. The van der Waals surface area contributed by atoms with E-state index in [2.05, 4.69) is 15.5 Å². The molecule has 8 nitrogen and oxygen atoms in total. The van der Waals surface area contributed by atoms with Gasteiger partial charge in [-0.3, -0.25) is 19.6 Å². The lowest BCUT2D eigenvalue weighted by molar-refractivity contribution is -0.121. The van der Waals surface area contributed by atoms with Crippen molar-refractivity contribution >= 4 is 16.9 Å². The lowest BCUT2D eigenvalue weighted by Crippen LogP contribution is -2.29. The fourth-order valence-electron chi connectivity index (χ4n) is 2.51. The number of fused-ring (bicyclic) bond motifs is 1. The summed E-state index contributed by atoms with van der Waals surface area (Å²) in [6, 6.07) is 9.54. The third-order valence-corrected chi connectivity index (χ3v) is 3.77. The minimum absolute atomic E-state index is 0.134. The number of unbranched alkanes of at least 4 members (excludes halogenated alkanes) is 1. The number of hydrazine groups is 1. The summed E-state index contributed by atoms with van der Waals surface area (Å²) in [5.41, 5.74) is 3.34. The monoisotopic (exact) mass is 326 g/mol. The van der Waals surface area contributed by atoms with Gasteiger partial charge in [-0.25, -0.2) is 15.5 Å². The van der Waals surface area contributed by atoms with E-state index in [1.165, 1.54) is 12.5 Å². The summed E-state index contributed by atoms with van der Waals surface area (Å²) in [6.45, 7) is 0.496. The molecular weight excluding hydrogens is 308 g/mol. The van der Waals surface area contributed by atoms with Crippen molar-refractivity contribution < 1.29 is 4.79 Å². The molecule has 0 spiro atoms. The number of para-hydroxylation sites is 1. The number of nitrogens with two attached hydrogens (primary N) is 1. The summed E-state index contributed by atoms with van der Waals surface area (Å²) < 4.78 is 3.19. The van der Waals surface area contributed by atoms with Crippen LogP contribution in [0.4, 0.5) is 0 Å². The summed E-state index contributed by atoms with van der Waals surface area (Å²) in [6.07, 6.45) is 4.74. The van der Waals surface area contributed by atoms with E-state index in [4.69, 9.17) is 5.84 Å². The van der Waals surface area contributed by atoms with Crippen molar-refractivity contribution in [2.24, 2.45) is 5.84 Å². The highest BCUT2D eigenvalue weighted by Crippen LogP contribution is 2.13. The Hall–Kier alpha value is -3.00. The molecule has 0 unspecified atom stereocenters. The molecule has 0 radical (unpaired) electrons. The number of carbonyl (C=O) groups excluding carboxylic acids is 1. The zero-order valence-electron chi connectivity index (χ0n) is 13.1. The maximum absolute atomic E-state index is 12.5. The van der Waals surface area contributed by atoms with E-state index in [0.717, 1.165) is 5.69 Å². The number of hydrogen-bond acceptors (Lipinski definition) is 5. The van der Waals surface area contributed by atoms with E-state index < -0.39 is 0 Å². The fourth-order valence-corrected chi connectivity index (χ4v) is 2.51. The van der Waals surface area contributed by atoms with E-state index in [-0.39, 0.29) is 11.5 Å². The van der Waals surface area contributed by atoms with Gasteiger partial charge in [-0.1, -0.05) is 18.2 Å². The average Bonchev–Trinajstić information content (AvgIpc) is 3.05. The molecule has 0 saturated carbocycles. The third kappa shape index (κ3) is 3.18. The topological polar surface area (TPSA) is 108 Å². The molecule has 2 aromatic heterocycles. The number of nitrogens with zero attached hydrogens (tertiary/aromatic N) is 4. The van der Waals surface area contributed by atoms with Crippen molar-refractivity contribution in [3.05, 3.63) is 53.2 Å². The molecule has 0 saturated heterocycles. The van der Waals surface area contributed by atoms with Gasteiger partial charge >= 0.3 is 0 Å². The highest BCUT2D eigenvalue weighted by molar-refractivity contribution is 5.75. The number of hydrogen-bond donors (Lipinski definition) is 2. The smallest absolute Gasteiger partial charge is 0.264 e. The Labute approximate surface area is 137 Å². The van der Waals surface area contributed by atoms with Gasteiger partial charge in [0.1, 0.15) is 5.39 Å². The molecule has 3 aromatic rings. The van der Waals surface area contributed by atoms with Crippen molar-refractivity contribution in [1.29, 1.82) is 0 Å². The van der Waals surface area contributed by atoms with E-state index >= 15 is 0 Å². The van der Waals surface area contributed by atoms with Crippen molar-refractivity contribution in [2.45, 2.75) is 25.8 Å². The number of carbonyl (C=O) groups is 1. The molecule has 0 fully saturated rings. The average molecular weight is 326 g/mol. The number of benzene rings is 1. The van der Waals surface area contributed by atoms with Crippen molar-refractivity contribution in [3.8, 4) is 5.69 Å². The summed E-state index contributed by atoms with van der Waals surface area (Å²) in [5, 5.41) is 4.75. The van der Waals surface area contributed by atoms with Crippen LogP contribution in [0.2, 0.25) is 0 Å². The first kappa shape index (κ1) is 15.9. The Bertz CT molecular complexity index is 900. The van der Waals surface area contributed by atoms with Crippen LogP contribution in [-0.2, 0) is 11.3 Å². The van der Waals surface area contributed by atoms with Crippen LogP contribution in [0.1, 0.15) is 19.3 Å². The van der Waals surface area contributed by atoms with Gasteiger partial charge in [0.05, 0.1) is 18.2 Å². The molecule has 124 valence electrons. The van der Waals surface area contributed by atoms with Gasteiger partial charge < -0.3 is 0 Å². The van der Waals surface area contributed by atoms with Crippen LogP contribution in [0.15, 0.2) is 47.7 Å². The Balaban J connectivity index is 1.80. The summed E-state index contributed by atoms with van der Waals surface area (Å²) in [5.74, 6) is 4.82. The van der Waals surface area contributed by atoms with E-state index in [0.29, 0.717) is 36.8 Å². The van der Waals surface area contributed by atoms with Crippen LogP contribution >= 0.6 is 0 Å². The second-order valence-electron chi connectivity index (χ2n) is 5.40. The molecule has 3 rings (SSSR count). The molecule has 0 aliphatic rings. The first-order valence-corrected chi connectivity index (χ1v) is 7.69. The highest BCUT2D eigenvalue weighted by atomic mass is 16.2. The number of nitrogens with one attached hydrogen (secondary N) is 1. The molecular formula is C16H18N6O2. The van der Waals surface area contributed by atoms with Crippen LogP contribution in [-0.4, -0.2) is 25.2 Å². The Morgan fingerprint density at radius 2 is 2.00 bits per heavy atom. The van der Waals surface area contributed by atoms with Crippen molar-refractivity contribution in [1.82, 2.24) is 24.8 Å². The SMILES string of the molecule is NNC(=O)CCCCn1cnc2c(cnn2-c2ccccc2)c1=O. The van der Waals surface area contributed by atoms with Gasteiger partial charge in [0, 0.05) is 13.0 Å². The Kier molecular flexibility index (Phi) is 4.66. The molecule has 8 heteroatoms. The molecule has 1 aromatic carbocycles. The Morgan fingerprint density at radius 1 is 1.21 bits per heavy atom. The van der Waals surface area contributed by atoms with Crippen LogP contribution in [0.25, 0.3) is 16.7 Å². The largest absolute Gasteiger partial charge is 0.299 e. The third-order valence-electron chi connectivity index (χ3n) is 3.77. The summed E-state index contributed by atoms with van der Waals surface area (Å²) >= 11 is 0. The molecule has 3 N–H and O–H groups in total. The first-order chi connectivity index (χ1) is 11.7. The van der Waals surface area contributed by atoms with E-state index in [1.807, 2.05) is 30.3 Å². The lowest BCUT2D eigenvalue weighted by atomic mass is 10.2. The van der Waals surface area contributed by atoms with Crippen LogP contribution in [0.3, 0.4) is 0 Å². The van der Waals surface area contributed by atoms with Gasteiger partial charge in [-0.15, -0.1) is 0 Å². The maximum Gasteiger partial charge on any atom is 0.264 e. The molecule has 0 aliphatic carbocycles. The van der Waals surface area contributed by atoms with E-state index in [1.54, 1.807) is 9.25 Å². The molecule has 2 heterocycles. The molecule has 0 aliphatic heterocycles. The zero-order chi connectivity index (χ0) is 16.9. The zero-order valence-corrected chi connectivity index (χ0v) is 13.1. The Morgan fingerprint density at radius 3 is 2.75 bits per heavy atom. The van der Waals surface area contributed by atoms with Gasteiger partial charge in [0.2, 0.25) is 5.91 Å². The standard InChI is InChI=1S/C16H18N6O2/c17-20-14(23)8-4-5-9-21-11-18-15-13(16(21)24)10-19-22(15)12-6-2-1-3-7-12/h1-3,6-7,10-11H,4-5,8-9,17H2,(H,20,23). The molecule has 0 bridgehead atoms. The van der Waals surface area contributed by atoms with Crippen LogP contribution in [0, 0.1) is 0 Å². The highest BCUT2D eigenvalue weighted by Gasteiger charge is 2.11. The lowest BCUT2D eigenvalue weighted by Gasteiger charge is -2.06. The minimum Gasteiger partial charge on any atom is -0.299 e. The quantitative estimate of drug-likeness (QED) is 0.301. The predicted molar refractivity (Wildman–Crippen MR) is 89.3 cm³/mol. The van der Waals surface area contributed by atoms with Gasteiger partial charge in [-0.2, -0.15) is 5.10 Å². The minimum atomic E-state index is -0.208. The van der Waals surface area contributed by atoms with E-state index in [9.17, 15) is 9.59 Å². The number of aryl methyl sites for hydroxylation is 1. The second kappa shape index (κ2) is 7.05. The molecule has 1 amide bonds. The molecule has 0 atom stereocenters.